The molecule has 0 saturated carbocycles. The van der Waals surface area contributed by atoms with Crippen molar-refractivity contribution < 1.29 is 4.74 Å². The van der Waals surface area contributed by atoms with Gasteiger partial charge in [0.2, 0.25) is 11.9 Å². The molecule has 3 N–H and O–H groups in total. The Bertz CT molecular complexity index is 1010. The first-order valence-electron chi connectivity index (χ1n) is 10.3. The van der Waals surface area contributed by atoms with E-state index in [-0.39, 0.29) is 5.95 Å². The smallest absolute Gasteiger partial charge is 0.232 e. The van der Waals surface area contributed by atoms with Crippen molar-refractivity contribution in [2.24, 2.45) is 0 Å². The van der Waals surface area contributed by atoms with Crippen LogP contribution in [0.25, 0.3) is 0 Å². The number of nitrogens with one attached hydrogen (secondary N) is 1. The Labute approximate surface area is 187 Å². The van der Waals surface area contributed by atoms with Crippen molar-refractivity contribution >= 4 is 34.9 Å². The molecule has 0 amide bonds. The number of benzene rings is 2. The summed E-state index contributed by atoms with van der Waals surface area (Å²) in [7, 11) is 0. The number of ether oxygens (including phenoxy) is 1. The van der Waals surface area contributed by atoms with Gasteiger partial charge in [-0.2, -0.15) is 15.0 Å². The van der Waals surface area contributed by atoms with Gasteiger partial charge >= 0.3 is 0 Å². The molecule has 1 aromatic heterocycles. The fourth-order valence-corrected chi connectivity index (χ4v) is 3.72. The number of nitrogens with two attached hydrogens (primary N) is 1. The van der Waals surface area contributed by atoms with Gasteiger partial charge in [0, 0.05) is 42.6 Å². The summed E-state index contributed by atoms with van der Waals surface area (Å²) in [5.74, 6) is 2.11. The summed E-state index contributed by atoms with van der Waals surface area (Å²) in [4.78, 5) is 17.7. The molecule has 4 rings (SSSR count). The fraction of sp³-hybridized carbons (Fsp3) is 0.318. The van der Waals surface area contributed by atoms with Crippen molar-refractivity contribution in [2.75, 3.05) is 48.7 Å². The molecule has 2 heterocycles. The average Bonchev–Trinajstić information content (AvgIpc) is 2.75. The Morgan fingerprint density at radius 1 is 1.03 bits per heavy atom. The number of piperazine rings is 1. The molecule has 2 aromatic carbocycles. The number of hydrogen-bond donors (Lipinski definition) is 2. The highest BCUT2D eigenvalue weighted by atomic mass is 35.5. The number of rotatable bonds is 7. The molecule has 31 heavy (non-hydrogen) atoms. The van der Waals surface area contributed by atoms with Crippen LogP contribution in [0.2, 0.25) is 5.02 Å². The van der Waals surface area contributed by atoms with Gasteiger partial charge in [0.1, 0.15) is 11.6 Å². The zero-order valence-corrected chi connectivity index (χ0v) is 18.2. The third-order valence-electron chi connectivity index (χ3n) is 5.03. The number of nitrogens with zero attached hydrogens (tertiary/aromatic N) is 5. The van der Waals surface area contributed by atoms with Crippen LogP contribution < -0.4 is 20.7 Å². The first-order chi connectivity index (χ1) is 15.1. The first kappa shape index (κ1) is 21.1. The molecule has 0 radical (unpaired) electrons. The van der Waals surface area contributed by atoms with E-state index in [2.05, 4.69) is 36.1 Å². The van der Waals surface area contributed by atoms with Crippen LogP contribution in [0.5, 0.6) is 5.75 Å². The Hall–Kier alpha value is -3.10. The minimum atomic E-state index is 0.205. The highest BCUT2D eigenvalue weighted by Crippen LogP contribution is 2.22. The van der Waals surface area contributed by atoms with Crippen LogP contribution in [-0.4, -0.2) is 52.6 Å². The summed E-state index contributed by atoms with van der Waals surface area (Å²) < 4.78 is 5.47. The van der Waals surface area contributed by atoms with E-state index in [9.17, 15) is 0 Å². The molecule has 1 aliphatic rings. The van der Waals surface area contributed by atoms with Crippen molar-refractivity contribution in [1.82, 2.24) is 19.9 Å². The zero-order chi connectivity index (χ0) is 21.6. The predicted molar refractivity (Wildman–Crippen MR) is 124 cm³/mol. The van der Waals surface area contributed by atoms with E-state index in [0.29, 0.717) is 24.9 Å². The summed E-state index contributed by atoms with van der Waals surface area (Å²) in [5, 5.41) is 3.95. The number of halogens is 1. The average molecular weight is 440 g/mol. The Kier molecular flexibility index (Phi) is 6.69. The Balaban J connectivity index is 1.36. The van der Waals surface area contributed by atoms with Crippen LogP contribution in [0.3, 0.4) is 0 Å². The molecular formula is C22H26ClN7O. The second kappa shape index (κ2) is 9.80. The lowest BCUT2D eigenvalue weighted by Gasteiger charge is -2.35. The zero-order valence-electron chi connectivity index (χ0n) is 17.5. The van der Waals surface area contributed by atoms with E-state index >= 15 is 0 Å². The molecule has 9 heteroatoms. The summed E-state index contributed by atoms with van der Waals surface area (Å²) in [5.41, 5.74) is 7.94. The standard InChI is InChI=1S/C22H26ClN7O/c1-2-31-19-8-6-17(7-9-19)25-22-27-20(26-21(24)28-22)15-29-10-12-30(13-11-29)18-5-3-4-16(23)14-18/h3-9,14H,2,10-13,15H2,1H3,(H3,24,25,26,27,28). The maximum Gasteiger partial charge on any atom is 0.232 e. The summed E-state index contributed by atoms with van der Waals surface area (Å²) >= 11 is 6.13. The lowest BCUT2D eigenvalue weighted by atomic mass is 10.2. The topological polar surface area (TPSA) is 92.4 Å². The fourth-order valence-electron chi connectivity index (χ4n) is 3.53. The lowest BCUT2D eigenvalue weighted by Crippen LogP contribution is -2.46. The van der Waals surface area contributed by atoms with Gasteiger partial charge in [-0.1, -0.05) is 17.7 Å². The maximum absolute atomic E-state index is 6.13. The minimum Gasteiger partial charge on any atom is -0.494 e. The van der Waals surface area contributed by atoms with Crippen LogP contribution in [0, 0.1) is 0 Å². The Morgan fingerprint density at radius 3 is 2.52 bits per heavy atom. The van der Waals surface area contributed by atoms with Gasteiger partial charge in [-0.3, -0.25) is 4.90 Å². The highest BCUT2D eigenvalue weighted by molar-refractivity contribution is 6.30. The second-order valence-corrected chi connectivity index (χ2v) is 7.70. The van der Waals surface area contributed by atoms with Crippen molar-refractivity contribution in [3.63, 3.8) is 0 Å². The molecule has 0 spiro atoms. The molecule has 162 valence electrons. The largest absolute Gasteiger partial charge is 0.494 e. The molecule has 0 unspecified atom stereocenters. The molecule has 0 bridgehead atoms. The van der Waals surface area contributed by atoms with Crippen molar-refractivity contribution in [1.29, 1.82) is 0 Å². The van der Waals surface area contributed by atoms with E-state index in [0.717, 1.165) is 48.3 Å². The highest BCUT2D eigenvalue weighted by Gasteiger charge is 2.19. The van der Waals surface area contributed by atoms with Gasteiger partial charge in [0.25, 0.3) is 0 Å². The lowest BCUT2D eigenvalue weighted by molar-refractivity contribution is 0.244. The van der Waals surface area contributed by atoms with Crippen molar-refractivity contribution in [3.05, 3.63) is 59.4 Å². The first-order valence-corrected chi connectivity index (χ1v) is 10.7. The van der Waals surface area contributed by atoms with E-state index in [4.69, 9.17) is 22.1 Å². The third-order valence-corrected chi connectivity index (χ3v) is 5.27. The second-order valence-electron chi connectivity index (χ2n) is 7.26. The summed E-state index contributed by atoms with van der Waals surface area (Å²) in [6.45, 7) is 6.84. The third kappa shape index (κ3) is 5.74. The van der Waals surface area contributed by atoms with Gasteiger partial charge < -0.3 is 20.7 Å². The summed E-state index contributed by atoms with van der Waals surface area (Å²) in [6.07, 6.45) is 0. The van der Waals surface area contributed by atoms with Crippen molar-refractivity contribution in [3.8, 4) is 5.75 Å². The Morgan fingerprint density at radius 2 is 1.81 bits per heavy atom. The molecule has 1 fully saturated rings. The van der Waals surface area contributed by atoms with E-state index < -0.39 is 0 Å². The van der Waals surface area contributed by atoms with Crippen LogP contribution in [-0.2, 0) is 6.54 Å². The summed E-state index contributed by atoms with van der Waals surface area (Å²) in [6, 6.07) is 15.6. The molecular weight excluding hydrogens is 414 g/mol. The van der Waals surface area contributed by atoms with Gasteiger partial charge in [0.15, 0.2) is 0 Å². The van der Waals surface area contributed by atoms with Gasteiger partial charge in [0.05, 0.1) is 13.2 Å². The minimum absolute atomic E-state index is 0.205. The van der Waals surface area contributed by atoms with Crippen LogP contribution in [0.4, 0.5) is 23.3 Å². The van der Waals surface area contributed by atoms with Gasteiger partial charge in [-0.25, -0.2) is 0 Å². The molecule has 3 aromatic rings. The van der Waals surface area contributed by atoms with Gasteiger partial charge in [-0.05, 0) is 49.4 Å². The van der Waals surface area contributed by atoms with Crippen LogP contribution >= 0.6 is 11.6 Å². The number of hydrogen-bond acceptors (Lipinski definition) is 8. The SMILES string of the molecule is CCOc1ccc(Nc2nc(N)nc(CN3CCN(c4cccc(Cl)c4)CC3)n2)cc1. The number of anilines is 4. The monoisotopic (exact) mass is 439 g/mol. The number of aromatic nitrogens is 3. The van der Waals surface area contributed by atoms with E-state index in [1.54, 1.807) is 0 Å². The molecule has 1 aliphatic heterocycles. The molecule has 0 aliphatic carbocycles. The molecule has 1 saturated heterocycles. The van der Waals surface area contributed by atoms with E-state index in [1.807, 2.05) is 49.4 Å². The normalized spacial score (nSPS) is 14.5. The van der Waals surface area contributed by atoms with E-state index in [1.165, 1.54) is 0 Å². The van der Waals surface area contributed by atoms with Crippen LogP contribution in [0.1, 0.15) is 12.7 Å². The number of nitrogen functional groups attached to an aromatic ring is 1. The molecule has 0 atom stereocenters. The predicted octanol–water partition coefficient (Wildman–Crippen LogP) is 3.57. The van der Waals surface area contributed by atoms with Crippen LogP contribution in [0.15, 0.2) is 48.5 Å². The quantitative estimate of drug-likeness (QED) is 0.577. The van der Waals surface area contributed by atoms with Gasteiger partial charge in [-0.15, -0.1) is 0 Å². The molecule has 8 nitrogen and oxygen atoms in total. The van der Waals surface area contributed by atoms with Crippen molar-refractivity contribution in [2.45, 2.75) is 13.5 Å². The maximum atomic E-state index is 6.13.